The summed E-state index contributed by atoms with van der Waals surface area (Å²) in [5, 5.41) is 16.1. The van der Waals surface area contributed by atoms with Crippen LogP contribution in [0.1, 0.15) is 72.4 Å². The van der Waals surface area contributed by atoms with Crippen molar-refractivity contribution >= 4 is 64.3 Å². The number of amidine groups is 1. The Morgan fingerprint density at radius 3 is 2.22 bits per heavy atom. The van der Waals surface area contributed by atoms with Gasteiger partial charge in [0.25, 0.3) is 5.91 Å². The second-order valence-electron chi connectivity index (χ2n) is 13.8. The SMILES string of the molecule is C=CCOc1ccc(C(=CC(=O)N=C(Cc2cc(Cl)c(NC(=O)CNCCCC=CC(=O)OC(C)(C)C)c(Cl)c2)N(C(=O)O)C(C)(C)C)NOCC)cc1. The van der Waals surface area contributed by atoms with Gasteiger partial charge in [0, 0.05) is 29.7 Å². The molecule has 0 radical (unpaired) electrons. The number of carbonyl (C=O) groups is 4. The van der Waals surface area contributed by atoms with Gasteiger partial charge in [-0.3, -0.25) is 24.8 Å². The smallest absolute Gasteiger partial charge is 0.413 e. The van der Waals surface area contributed by atoms with Gasteiger partial charge in [-0.1, -0.05) is 41.9 Å². The molecule has 0 spiro atoms. The van der Waals surface area contributed by atoms with Crippen molar-refractivity contribution in [3.05, 3.63) is 88.5 Å². The highest BCUT2D eigenvalue weighted by molar-refractivity contribution is 6.40. The molecule has 294 valence electrons. The van der Waals surface area contributed by atoms with Gasteiger partial charge >= 0.3 is 12.1 Å². The Morgan fingerprint density at radius 1 is 1.02 bits per heavy atom. The molecule has 0 saturated heterocycles. The molecule has 0 aromatic heterocycles. The molecular formula is C39H51Cl2N5O8. The molecule has 0 saturated carbocycles. The Balaban J connectivity index is 2.25. The van der Waals surface area contributed by atoms with Crippen LogP contribution in [0.5, 0.6) is 5.75 Å². The maximum absolute atomic E-state index is 13.5. The van der Waals surface area contributed by atoms with Gasteiger partial charge in [0.1, 0.15) is 23.8 Å². The molecule has 54 heavy (non-hydrogen) atoms. The van der Waals surface area contributed by atoms with Crippen molar-refractivity contribution in [2.45, 2.75) is 78.9 Å². The van der Waals surface area contributed by atoms with Gasteiger partial charge in [0.2, 0.25) is 5.91 Å². The quantitative estimate of drug-likeness (QED) is 0.0225. The summed E-state index contributed by atoms with van der Waals surface area (Å²) in [6.07, 6.45) is 5.74. The summed E-state index contributed by atoms with van der Waals surface area (Å²) < 4.78 is 10.8. The van der Waals surface area contributed by atoms with E-state index in [-0.39, 0.29) is 40.2 Å². The van der Waals surface area contributed by atoms with E-state index in [9.17, 15) is 24.3 Å². The Morgan fingerprint density at radius 2 is 1.67 bits per heavy atom. The van der Waals surface area contributed by atoms with Crippen molar-refractivity contribution in [3.63, 3.8) is 0 Å². The van der Waals surface area contributed by atoms with E-state index in [0.29, 0.717) is 49.5 Å². The van der Waals surface area contributed by atoms with Crippen LogP contribution < -0.4 is 20.9 Å². The topological polar surface area (TPSA) is 168 Å². The number of anilines is 1. The number of hydrogen-bond acceptors (Lipinski definition) is 9. The third-order valence-electron chi connectivity index (χ3n) is 6.89. The van der Waals surface area contributed by atoms with Crippen LogP contribution in [-0.4, -0.2) is 77.2 Å². The number of ether oxygens (including phenoxy) is 2. The molecule has 2 rings (SSSR count). The third-order valence-corrected chi connectivity index (χ3v) is 7.48. The lowest BCUT2D eigenvalue weighted by Crippen LogP contribution is -2.49. The molecule has 13 nitrogen and oxygen atoms in total. The summed E-state index contributed by atoms with van der Waals surface area (Å²) >= 11 is 13.1. The number of halogens is 2. The largest absolute Gasteiger partial charge is 0.490 e. The zero-order valence-corrected chi connectivity index (χ0v) is 33.4. The fourth-order valence-electron chi connectivity index (χ4n) is 4.72. The van der Waals surface area contributed by atoms with Crippen molar-refractivity contribution in [3.8, 4) is 5.75 Å². The number of benzene rings is 2. The molecule has 0 atom stereocenters. The number of amides is 3. The Bertz CT molecular complexity index is 1690. The van der Waals surface area contributed by atoms with Crippen LogP contribution >= 0.6 is 23.2 Å². The first kappa shape index (κ1) is 45.5. The molecule has 2 aromatic carbocycles. The van der Waals surface area contributed by atoms with Crippen LogP contribution in [0.15, 0.2) is 72.3 Å². The fraction of sp³-hybridized carbons (Fsp3) is 0.410. The summed E-state index contributed by atoms with van der Waals surface area (Å²) in [7, 11) is 0. The highest BCUT2D eigenvalue weighted by atomic mass is 35.5. The standard InChI is InChI=1S/C39H51Cl2N5O8/c1-9-20-52-28-17-15-27(16-18-28)31(45-53-10-2)24-33(47)43-32(46(37(50)51)38(3,4)5)23-26-21-29(40)36(30(41)22-26)44-34(48)25-42-19-13-11-12-14-35(49)54-39(6,7)8/h9,12,14-18,21-22,24,42,45H,1,10-11,13,19-20,23,25H2,2-8H3,(H,44,48)(H,50,51). The fourth-order valence-corrected chi connectivity index (χ4v) is 5.35. The van der Waals surface area contributed by atoms with Crippen LogP contribution in [0.4, 0.5) is 10.5 Å². The van der Waals surface area contributed by atoms with Crippen molar-refractivity contribution in [2.75, 3.05) is 31.6 Å². The zero-order valence-electron chi connectivity index (χ0n) is 31.9. The highest BCUT2D eigenvalue weighted by Gasteiger charge is 2.32. The van der Waals surface area contributed by atoms with E-state index in [1.54, 1.807) is 84.9 Å². The molecular weight excluding hydrogens is 737 g/mol. The van der Waals surface area contributed by atoms with Crippen LogP contribution in [0.2, 0.25) is 10.0 Å². The summed E-state index contributed by atoms with van der Waals surface area (Å²) in [6.45, 7) is 16.9. The third kappa shape index (κ3) is 16.5. The number of esters is 1. The lowest BCUT2D eigenvalue weighted by atomic mass is 10.0. The number of nitrogens with one attached hydrogen (secondary N) is 3. The lowest BCUT2D eigenvalue weighted by molar-refractivity contribution is -0.148. The average Bonchev–Trinajstić information content (AvgIpc) is 3.05. The molecule has 15 heteroatoms. The minimum Gasteiger partial charge on any atom is -0.490 e. The van der Waals surface area contributed by atoms with E-state index in [0.717, 1.165) is 4.90 Å². The van der Waals surface area contributed by atoms with Crippen LogP contribution in [0, 0.1) is 0 Å². The second kappa shape index (κ2) is 21.9. The van der Waals surface area contributed by atoms with Crippen molar-refractivity contribution in [2.24, 2.45) is 4.99 Å². The van der Waals surface area contributed by atoms with E-state index in [4.69, 9.17) is 37.5 Å². The molecule has 0 aliphatic carbocycles. The maximum Gasteiger partial charge on any atom is 0.413 e. The summed E-state index contributed by atoms with van der Waals surface area (Å²) in [5.41, 5.74) is 2.68. The molecule has 0 fully saturated rings. The van der Waals surface area contributed by atoms with Crippen molar-refractivity contribution in [1.82, 2.24) is 15.7 Å². The summed E-state index contributed by atoms with van der Waals surface area (Å²) in [6, 6.07) is 9.93. The van der Waals surface area contributed by atoms with Crippen LogP contribution in [-0.2, 0) is 30.4 Å². The first-order valence-electron chi connectivity index (χ1n) is 17.3. The van der Waals surface area contributed by atoms with Gasteiger partial charge in [-0.2, -0.15) is 4.99 Å². The van der Waals surface area contributed by atoms with Gasteiger partial charge in [0.05, 0.1) is 34.6 Å². The predicted octanol–water partition coefficient (Wildman–Crippen LogP) is 7.59. The minimum atomic E-state index is -1.33. The molecule has 0 aliphatic heterocycles. The summed E-state index contributed by atoms with van der Waals surface area (Å²) in [5.74, 6) is -1.06. The normalized spacial score (nSPS) is 12.3. The first-order chi connectivity index (χ1) is 25.3. The molecule has 0 bridgehead atoms. The second-order valence-corrected chi connectivity index (χ2v) is 14.6. The Labute approximate surface area is 327 Å². The van der Waals surface area contributed by atoms with E-state index < -0.39 is 35.0 Å². The van der Waals surface area contributed by atoms with E-state index in [1.165, 1.54) is 24.3 Å². The highest BCUT2D eigenvalue weighted by Crippen LogP contribution is 2.33. The minimum absolute atomic E-state index is 0.0246. The first-order valence-corrected chi connectivity index (χ1v) is 18.1. The lowest BCUT2D eigenvalue weighted by Gasteiger charge is -2.33. The number of aliphatic imine (C=N–C) groups is 1. The number of unbranched alkanes of at least 4 members (excludes halogenated alkanes) is 1. The van der Waals surface area contributed by atoms with Gasteiger partial charge < -0.3 is 25.2 Å². The summed E-state index contributed by atoms with van der Waals surface area (Å²) in [4.78, 5) is 61.0. The number of nitrogens with zero attached hydrogens (tertiary/aromatic N) is 2. The average molecular weight is 789 g/mol. The molecule has 2 aromatic rings. The van der Waals surface area contributed by atoms with E-state index in [2.05, 4.69) is 27.7 Å². The van der Waals surface area contributed by atoms with Gasteiger partial charge in [-0.05, 0) is 110 Å². The van der Waals surface area contributed by atoms with Crippen molar-refractivity contribution < 1.29 is 38.6 Å². The van der Waals surface area contributed by atoms with Crippen LogP contribution in [0.25, 0.3) is 5.70 Å². The van der Waals surface area contributed by atoms with Gasteiger partial charge in [0.15, 0.2) is 0 Å². The monoisotopic (exact) mass is 787 g/mol. The predicted molar refractivity (Wildman–Crippen MR) is 213 cm³/mol. The molecule has 3 amide bonds. The van der Waals surface area contributed by atoms with Crippen molar-refractivity contribution in [1.29, 1.82) is 0 Å². The Hall–Kier alpha value is -4.69. The molecule has 0 aliphatic rings. The van der Waals surface area contributed by atoms with Gasteiger partial charge in [-0.15, -0.1) is 0 Å². The maximum atomic E-state index is 13.5. The number of allylic oxidation sites excluding steroid dienone is 1. The van der Waals surface area contributed by atoms with Gasteiger partial charge in [-0.25, -0.2) is 9.59 Å². The molecule has 0 unspecified atom stereocenters. The molecule has 0 heterocycles. The van der Waals surface area contributed by atoms with Crippen LogP contribution in [0.3, 0.4) is 0 Å². The number of hydroxylamine groups is 1. The number of carboxylic acid groups (broad SMARTS) is 1. The number of carbonyl (C=O) groups excluding carboxylic acids is 3. The zero-order chi connectivity index (χ0) is 40.5. The number of rotatable bonds is 18. The van der Waals surface area contributed by atoms with E-state index >= 15 is 0 Å². The number of hydrogen-bond donors (Lipinski definition) is 4. The van der Waals surface area contributed by atoms with E-state index in [1.807, 2.05) is 0 Å². The Kier molecular flexibility index (Phi) is 18.4. The molecule has 4 N–H and O–H groups in total.